The molecule has 1 N–H and O–H groups in total. The summed E-state index contributed by atoms with van der Waals surface area (Å²) in [6.07, 6.45) is 13.8. The minimum atomic E-state index is -0.428. The van der Waals surface area contributed by atoms with E-state index < -0.39 is 5.60 Å². The topological polar surface area (TPSA) is 41.6 Å². The summed E-state index contributed by atoms with van der Waals surface area (Å²) in [7, 11) is 0. The molecular weight excluding hydrogens is 408 g/mol. The van der Waals surface area contributed by atoms with Crippen LogP contribution in [-0.2, 0) is 16.6 Å². The van der Waals surface area contributed by atoms with Gasteiger partial charge in [0.2, 0.25) is 0 Å². The molecule has 1 aromatic carbocycles. The molecule has 1 saturated carbocycles. The van der Waals surface area contributed by atoms with Crippen molar-refractivity contribution >= 4 is 11.7 Å². The van der Waals surface area contributed by atoms with E-state index in [0.717, 1.165) is 32.5 Å². The first-order chi connectivity index (χ1) is 15.8. The molecular formula is C29H40N2O2. The molecule has 2 fully saturated rings. The fourth-order valence-electron chi connectivity index (χ4n) is 5.51. The first-order valence-corrected chi connectivity index (χ1v) is 12.6. The fraction of sp³-hybridized carbons (Fsp3) is 0.552. The highest BCUT2D eigenvalue weighted by atomic mass is 16.6. The van der Waals surface area contributed by atoms with Crippen molar-refractivity contribution in [2.24, 2.45) is 5.92 Å². The van der Waals surface area contributed by atoms with Gasteiger partial charge in [-0.25, -0.2) is 4.79 Å². The number of hydrogen-bond acceptors (Lipinski definition) is 3. The lowest BCUT2D eigenvalue weighted by molar-refractivity contribution is 0.0184. The number of nitrogens with zero attached hydrogens (tertiary/aromatic N) is 1. The van der Waals surface area contributed by atoms with Crippen LogP contribution < -0.4 is 5.32 Å². The average Bonchev–Trinajstić information content (AvgIpc) is 3.38. The summed E-state index contributed by atoms with van der Waals surface area (Å²) in [5.74, 6) is 0.629. The van der Waals surface area contributed by atoms with Crippen LogP contribution in [0.4, 0.5) is 4.79 Å². The van der Waals surface area contributed by atoms with E-state index in [1.165, 1.54) is 36.0 Å². The van der Waals surface area contributed by atoms with Crippen LogP contribution in [0, 0.1) is 5.92 Å². The number of amides is 1. The second kappa shape index (κ2) is 9.50. The second-order valence-corrected chi connectivity index (χ2v) is 11.0. The van der Waals surface area contributed by atoms with E-state index in [0.29, 0.717) is 17.4 Å². The smallest absolute Gasteiger partial charge is 0.410 e. The molecule has 1 heterocycles. The monoisotopic (exact) mass is 448 g/mol. The third-order valence-electron chi connectivity index (χ3n) is 7.50. The minimum Gasteiger partial charge on any atom is -0.444 e. The Bertz CT molecular complexity index is 947. The molecule has 1 saturated heterocycles. The highest BCUT2D eigenvalue weighted by Crippen LogP contribution is 2.57. The van der Waals surface area contributed by atoms with Crippen molar-refractivity contribution in [2.45, 2.75) is 76.9 Å². The predicted octanol–water partition coefficient (Wildman–Crippen LogP) is 6.03. The Labute approximate surface area is 199 Å². The van der Waals surface area contributed by atoms with E-state index in [9.17, 15) is 4.79 Å². The van der Waals surface area contributed by atoms with Crippen LogP contribution in [0.2, 0.25) is 0 Å². The molecule has 4 nitrogen and oxygen atoms in total. The molecule has 33 heavy (non-hydrogen) atoms. The van der Waals surface area contributed by atoms with Gasteiger partial charge in [0.25, 0.3) is 0 Å². The molecule has 1 amide bonds. The van der Waals surface area contributed by atoms with Gasteiger partial charge in [0.05, 0.1) is 0 Å². The molecule has 0 aromatic heterocycles. The number of carbonyl (C=O) groups is 1. The van der Waals surface area contributed by atoms with Gasteiger partial charge in [-0.3, -0.25) is 0 Å². The Kier molecular flexibility index (Phi) is 6.86. The average molecular weight is 449 g/mol. The zero-order valence-corrected chi connectivity index (χ0v) is 20.8. The summed E-state index contributed by atoms with van der Waals surface area (Å²) in [6, 6.07) is 7.57. The van der Waals surface area contributed by atoms with Gasteiger partial charge < -0.3 is 15.0 Å². The third-order valence-corrected chi connectivity index (χ3v) is 7.50. The lowest BCUT2D eigenvalue weighted by Gasteiger charge is -2.33. The number of rotatable bonds is 6. The first-order valence-electron chi connectivity index (χ1n) is 12.6. The van der Waals surface area contributed by atoms with Crippen LogP contribution in [0.1, 0.15) is 70.1 Å². The van der Waals surface area contributed by atoms with Crippen LogP contribution in [-0.4, -0.2) is 42.3 Å². The van der Waals surface area contributed by atoms with E-state index in [4.69, 9.17) is 4.74 Å². The zero-order valence-electron chi connectivity index (χ0n) is 20.8. The number of aryl methyl sites for hydroxylation is 1. The Hall–Kier alpha value is -2.33. The van der Waals surface area contributed by atoms with Gasteiger partial charge in [-0.2, -0.15) is 0 Å². The highest BCUT2D eigenvalue weighted by Gasteiger charge is 2.57. The molecule has 2 atom stereocenters. The summed E-state index contributed by atoms with van der Waals surface area (Å²) in [4.78, 5) is 14.2. The van der Waals surface area contributed by atoms with Gasteiger partial charge >= 0.3 is 6.09 Å². The van der Waals surface area contributed by atoms with Crippen molar-refractivity contribution in [3.63, 3.8) is 0 Å². The number of benzene rings is 1. The Morgan fingerprint density at radius 3 is 2.73 bits per heavy atom. The summed E-state index contributed by atoms with van der Waals surface area (Å²) in [6.45, 7) is 14.5. The molecule has 0 radical (unpaired) electrons. The number of piperidine rings is 1. The van der Waals surface area contributed by atoms with Crippen LogP contribution >= 0.6 is 0 Å². The molecule has 0 bridgehead atoms. The normalized spacial score (nSPS) is 25.5. The van der Waals surface area contributed by atoms with Crippen LogP contribution in [0.25, 0.3) is 5.57 Å². The van der Waals surface area contributed by atoms with Gasteiger partial charge in [-0.15, -0.1) is 0 Å². The summed E-state index contributed by atoms with van der Waals surface area (Å²) in [5, 5.41) is 3.90. The number of hydrogen-bond donors (Lipinski definition) is 1. The molecule has 1 spiro atoms. The minimum absolute atomic E-state index is 0.171. The first kappa shape index (κ1) is 23.8. The molecule has 4 heteroatoms. The standard InChI is InChI=1S/C29H40N2O2/c1-6-8-9-22(7-2)24-11-10-23-12-15-29(25(23)18-24)19-26(29)30-20-21-13-16-31(17-14-21)27(32)33-28(3,4)5/h6-11,18,21,26,30H,2,12-17,19-20H2,1,3-5H3/b8-6-,22-9+. The van der Waals surface area contributed by atoms with E-state index in [1.54, 1.807) is 5.56 Å². The number of carbonyl (C=O) groups excluding carboxylic acids is 1. The molecule has 1 aromatic rings. The molecule has 1 aliphatic heterocycles. The van der Waals surface area contributed by atoms with E-state index in [2.05, 4.69) is 48.3 Å². The highest BCUT2D eigenvalue weighted by molar-refractivity contribution is 5.76. The quantitative estimate of drug-likeness (QED) is 0.541. The number of allylic oxidation sites excluding steroid dienone is 5. The van der Waals surface area contributed by atoms with Crippen molar-refractivity contribution in [3.05, 3.63) is 65.8 Å². The van der Waals surface area contributed by atoms with Crippen molar-refractivity contribution < 1.29 is 9.53 Å². The van der Waals surface area contributed by atoms with Gasteiger partial charge in [0.1, 0.15) is 5.60 Å². The number of ether oxygens (including phenoxy) is 1. The maximum Gasteiger partial charge on any atom is 0.410 e. The van der Waals surface area contributed by atoms with Gasteiger partial charge in [0.15, 0.2) is 0 Å². The lowest BCUT2D eigenvalue weighted by Crippen LogP contribution is -2.43. The van der Waals surface area contributed by atoms with E-state index in [1.807, 2.05) is 38.7 Å². The summed E-state index contributed by atoms with van der Waals surface area (Å²) in [5.41, 5.74) is 5.40. The number of likely N-dealkylation sites (tertiary alicyclic amines) is 1. The maximum absolute atomic E-state index is 12.3. The third kappa shape index (κ3) is 5.27. The van der Waals surface area contributed by atoms with Crippen LogP contribution in [0.3, 0.4) is 0 Å². The molecule has 2 unspecified atom stereocenters. The van der Waals surface area contributed by atoms with Crippen molar-refractivity contribution in [3.8, 4) is 0 Å². The Morgan fingerprint density at radius 1 is 1.30 bits per heavy atom. The van der Waals surface area contributed by atoms with Gasteiger partial charge in [-0.1, -0.05) is 49.1 Å². The van der Waals surface area contributed by atoms with Crippen molar-refractivity contribution in [2.75, 3.05) is 19.6 Å². The Morgan fingerprint density at radius 2 is 2.06 bits per heavy atom. The molecule has 4 rings (SSSR count). The SMILES string of the molecule is C=C/C(=C\C=C/C)c1ccc2c(c1)C1(CC2)CC1NCC1CCN(C(=O)OC(C)(C)C)CC1. The molecule has 178 valence electrons. The van der Waals surface area contributed by atoms with Gasteiger partial charge in [-0.05, 0) is 94.5 Å². The number of nitrogens with one attached hydrogen (secondary N) is 1. The van der Waals surface area contributed by atoms with Crippen LogP contribution in [0.15, 0.2) is 49.1 Å². The summed E-state index contributed by atoms with van der Waals surface area (Å²) >= 11 is 0. The van der Waals surface area contributed by atoms with E-state index >= 15 is 0 Å². The Balaban J connectivity index is 1.32. The largest absolute Gasteiger partial charge is 0.444 e. The van der Waals surface area contributed by atoms with Crippen LogP contribution in [0.5, 0.6) is 0 Å². The van der Waals surface area contributed by atoms with Crippen molar-refractivity contribution in [1.82, 2.24) is 10.2 Å². The molecule has 3 aliphatic rings. The lowest BCUT2D eigenvalue weighted by atomic mass is 9.92. The maximum atomic E-state index is 12.3. The second-order valence-electron chi connectivity index (χ2n) is 11.0. The molecule has 2 aliphatic carbocycles. The summed E-state index contributed by atoms with van der Waals surface area (Å²) < 4.78 is 5.53. The van der Waals surface area contributed by atoms with Crippen molar-refractivity contribution in [1.29, 1.82) is 0 Å². The van der Waals surface area contributed by atoms with E-state index in [-0.39, 0.29) is 6.09 Å². The predicted molar refractivity (Wildman–Crippen MR) is 136 cm³/mol. The fourth-order valence-corrected chi connectivity index (χ4v) is 5.51. The van der Waals surface area contributed by atoms with Gasteiger partial charge in [0, 0.05) is 24.5 Å². The number of fused-ring (bicyclic) bond motifs is 2. The zero-order chi connectivity index (χ0) is 23.6.